The lowest BCUT2D eigenvalue weighted by molar-refractivity contribution is 0.403. The number of allylic oxidation sites excluding steroid dienone is 5. The molecule has 1 fully saturated rings. The second-order valence-corrected chi connectivity index (χ2v) is 8.86. The molecule has 1 saturated carbocycles. The highest BCUT2D eigenvalue weighted by atomic mass is 19.1. The second-order valence-electron chi connectivity index (χ2n) is 8.86. The summed E-state index contributed by atoms with van der Waals surface area (Å²) >= 11 is 0. The minimum absolute atomic E-state index is 0. The fraction of sp³-hybridized carbons (Fsp3) is 0.462. The number of hydrogen-bond donors (Lipinski definition) is 1. The van der Waals surface area contributed by atoms with Crippen molar-refractivity contribution >= 4 is 11.0 Å². The second kappa shape index (κ2) is 8.71. The van der Waals surface area contributed by atoms with Crippen LogP contribution in [0.4, 0.5) is 4.39 Å². The van der Waals surface area contributed by atoms with E-state index in [2.05, 4.69) is 60.3 Å². The van der Waals surface area contributed by atoms with Crippen molar-refractivity contribution in [2.75, 3.05) is 0 Å². The molecule has 30 heavy (non-hydrogen) atoms. The van der Waals surface area contributed by atoms with Crippen molar-refractivity contribution in [1.29, 1.82) is 0 Å². The molecule has 2 aliphatic carbocycles. The molecular weight excluding hydrogens is 373 g/mol. The van der Waals surface area contributed by atoms with Crippen LogP contribution in [0.2, 0.25) is 0 Å². The van der Waals surface area contributed by atoms with Gasteiger partial charge in [-0.1, -0.05) is 51.3 Å². The van der Waals surface area contributed by atoms with Gasteiger partial charge < -0.3 is 5.32 Å². The fourth-order valence-corrected chi connectivity index (χ4v) is 5.20. The summed E-state index contributed by atoms with van der Waals surface area (Å²) in [7, 11) is 0. The van der Waals surface area contributed by atoms with E-state index < -0.39 is 0 Å². The predicted octanol–water partition coefficient (Wildman–Crippen LogP) is 6.99. The van der Waals surface area contributed by atoms with Gasteiger partial charge in [0.2, 0.25) is 0 Å². The average molecular weight is 410 g/mol. The van der Waals surface area contributed by atoms with Crippen molar-refractivity contribution in [2.24, 2.45) is 23.7 Å². The first-order chi connectivity index (χ1) is 14.5. The number of nitrogens with one attached hydrogen (secondary N) is 1. The number of benzene rings is 1. The van der Waals surface area contributed by atoms with Gasteiger partial charge in [-0.15, -0.1) is 0 Å². The lowest BCUT2D eigenvalue weighted by Crippen LogP contribution is -2.17. The highest BCUT2D eigenvalue weighted by Crippen LogP contribution is 2.58. The molecule has 0 bridgehead atoms. The molecule has 1 aromatic carbocycles. The van der Waals surface area contributed by atoms with Gasteiger partial charge in [-0.3, -0.25) is 9.97 Å². The van der Waals surface area contributed by atoms with Crippen LogP contribution in [-0.2, 0) is 6.54 Å². The quantitative estimate of drug-likeness (QED) is 0.535. The predicted molar refractivity (Wildman–Crippen MR) is 125 cm³/mol. The van der Waals surface area contributed by atoms with Crippen LogP contribution < -0.4 is 5.32 Å². The molecule has 1 aromatic heterocycles. The van der Waals surface area contributed by atoms with Gasteiger partial charge in [0.1, 0.15) is 5.83 Å². The Balaban J connectivity index is 0.00000181. The molecule has 1 heterocycles. The Morgan fingerprint density at radius 1 is 1.13 bits per heavy atom. The van der Waals surface area contributed by atoms with Crippen LogP contribution in [0.3, 0.4) is 0 Å². The maximum atomic E-state index is 15.4. The number of hydrogen-bond acceptors (Lipinski definition) is 3. The van der Waals surface area contributed by atoms with Crippen LogP contribution in [0.5, 0.6) is 0 Å². The molecule has 3 unspecified atom stereocenters. The van der Waals surface area contributed by atoms with Gasteiger partial charge in [0.15, 0.2) is 0 Å². The summed E-state index contributed by atoms with van der Waals surface area (Å²) in [5.41, 5.74) is 5.81. The number of aromatic nitrogens is 2. The van der Waals surface area contributed by atoms with Gasteiger partial charge in [-0.25, -0.2) is 4.39 Å². The molecule has 2 aliphatic rings. The number of rotatable bonds is 7. The van der Waals surface area contributed by atoms with Crippen LogP contribution in [0.15, 0.2) is 65.4 Å². The third kappa shape index (κ3) is 4.05. The third-order valence-corrected chi connectivity index (χ3v) is 6.94. The van der Waals surface area contributed by atoms with E-state index in [1.165, 1.54) is 12.8 Å². The Morgan fingerprint density at radius 3 is 2.60 bits per heavy atom. The number of halogens is 1. The third-order valence-electron chi connectivity index (χ3n) is 6.94. The molecule has 0 saturated heterocycles. The van der Waals surface area contributed by atoms with E-state index in [1.807, 2.05) is 13.0 Å². The molecule has 4 heteroatoms. The molecule has 0 amide bonds. The number of fused-ring (bicyclic) bond motifs is 1. The molecule has 4 rings (SSSR count). The molecule has 1 N–H and O–H groups in total. The van der Waals surface area contributed by atoms with Crippen molar-refractivity contribution in [1.82, 2.24) is 15.3 Å². The molecule has 0 aliphatic heterocycles. The minimum atomic E-state index is 0. The summed E-state index contributed by atoms with van der Waals surface area (Å²) in [6.07, 6.45) is 10.3. The normalized spacial score (nSPS) is 24.0. The first kappa shape index (κ1) is 20.8. The maximum absolute atomic E-state index is 15.4. The zero-order valence-corrected chi connectivity index (χ0v) is 18.5. The molecule has 0 radical (unpaired) electrons. The first-order valence-electron chi connectivity index (χ1n) is 11.2. The van der Waals surface area contributed by atoms with Gasteiger partial charge in [0.05, 0.1) is 11.0 Å². The largest absolute Gasteiger partial charge is 0.381 e. The highest BCUT2D eigenvalue weighted by molar-refractivity contribution is 5.74. The minimum Gasteiger partial charge on any atom is -0.381 e. The van der Waals surface area contributed by atoms with E-state index in [0.29, 0.717) is 36.6 Å². The summed E-state index contributed by atoms with van der Waals surface area (Å²) in [5.74, 6) is 2.14. The van der Waals surface area contributed by atoms with Gasteiger partial charge in [0, 0.05) is 39.5 Å². The molecule has 0 spiro atoms. The Bertz CT molecular complexity index is 1030. The zero-order chi connectivity index (χ0) is 21.3. The summed E-state index contributed by atoms with van der Waals surface area (Å²) in [5, 5.41) is 3.55. The SMILES string of the molecule is CCC(CC)C1C(C)C1C1=C(F)CC(C)=CC=C1NCc1ccc2nccnc2c1.[HH].[HH]. The van der Waals surface area contributed by atoms with E-state index in [1.54, 1.807) is 12.4 Å². The van der Waals surface area contributed by atoms with Crippen molar-refractivity contribution in [3.8, 4) is 0 Å². The highest BCUT2D eigenvalue weighted by Gasteiger charge is 2.53. The fourth-order valence-electron chi connectivity index (χ4n) is 5.20. The monoisotopic (exact) mass is 409 g/mol. The van der Waals surface area contributed by atoms with Crippen LogP contribution in [0.25, 0.3) is 11.0 Å². The summed E-state index contributed by atoms with van der Waals surface area (Å²) in [4.78, 5) is 8.74. The summed E-state index contributed by atoms with van der Waals surface area (Å²) in [6.45, 7) is 9.46. The Morgan fingerprint density at radius 2 is 1.87 bits per heavy atom. The topological polar surface area (TPSA) is 37.8 Å². The van der Waals surface area contributed by atoms with Gasteiger partial charge >= 0.3 is 0 Å². The van der Waals surface area contributed by atoms with E-state index in [-0.39, 0.29) is 8.68 Å². The molecule has 3 nitrogen and oxygen atoms in total. The van der Waals surface area contributed by atoms with Crippen LogP contribution in [0.1, 0.15) is 55.4 Å². The zero-order valence-electron chi connectivity index (χ0n) is 18.5. The van der Waals surface area contributed by atoms with Crippen LogP contribution in [0, 0.1) is 23.7 Å². The smallest absolute Gasteiger partial charge is 0.109 e. The van der Waals surface area contributed by atoms with E-state index in [4.69, 9.17) is 0 Å². The standard InChI is InChI=1S/C26H32FN3.2H2/c1-5-19(6-2)24-17(4)25(24)26-20(27)13-16(3)7-9-22(26)30-15-18-8-10-21-23(14-18)29-12-11-28-21;;/h7-12,14,17,19,24-25,30H,5-6,13,15H2,1-4H3;2*1H. The Labute approximate surface area is 182 Å². The van der Waals surface area contributed by atoms with Crippen molar-refractivity contribution in [3.63, 3.8) is 0 Å². The number of nitrogens with zero attached hydrogens (tertiary/aromatic N) is 2. The van der Waals surface area contributed by atoms with Crippen molar-refractivity contribution in [3.05, 3.63) is 71.0 Å². The maximum Gasteiger partial charge on any atom is 0.109 e. The summed E-state index contributed by atoms with van der Waals surface area (Å²) in [6, 6.07) is 6.11. The Kier molecular flexibility index (Phi) is 6.03. The van der Waals surface area contributed by atoms with E-state index >= 15 is 4.39 Å². The van der Waals surface area contributed by atoms with Gasteiger partial charge in [-0.2, -0.15) is 0 Å². The van der Waals surface area contributed by atoms with E-state index in [9.17, 15) is 0 Å². The molecule has 2 aromatic rings. The van der Waals surface area contributed by atoms with Gasteiger partial charge in [-0.05, 0) is 54.4 Å². The lowest BCUT2D eigenvalue weighted by atomic mass is 9.93. The van der Waals surface area contributed by atoms with Crippen LogP contribution >= 0.6 is 0 Å². The van der Waals surface area contributed by atoms with Gasteiger partial charge in [0.25, 0.3) is 0 Å². The lowest BCUT2D eigenvalue weighted by Gasteiger charge is -2.18. The molecular formula is C26H36FN3. The van der Waals surface area contributed by atoms with E-state index in [0.717, 1.165) is 33.4 Å². The first-order valence-corrected chi connectivity index (χ1v) is 11.2. The average Bonchev–Trinajstić information content (AvgIpc) is 3.42. The van der Waals surface area contributed by atoms with Crippen molar-refractivity contribution < 1.29 is 7.24 Å². The van der Waals surface area contributed by atoms with Crippen LogP contribution in [-0.4, -0.2) is 9.97 Å². The molecule has 162 valence electrons. The Hall–Kier alpha value is -2.49. The summed E-state index contributed by atoms with van der Waals surface area (Å²) < 4.78 is 15.4. The van der Waals surface area contributed by atoms with Crippen molar-refractivity contribution in [2.45, 2.75) is 53.5 Å². The molecule has 3 atom stereocenters.